The Morgan fingerprint density at radius 3 is 2.47 bits per heavy atom. The lowest BCUT2D eigenvalue weighted by Crippen LogP contribution is -2.42. The second-order valence-corrected chi connectivity index (χ2v) is 5.79. The molecule has 0 aliphatic carbocycles. The van der Waals surface area contributed by atoms with Crippen molar-refractivity contribution in [2.75, 3.05) is 26.8 Å². The zero-order valence-electron chi connectivity index (χ0n) is 9.63. The van der Waals surface area contributed by atoms with Crippen LogP contribution in [-0.4, -0.2) is 26.8 Å². The zero-order chi connectivity index (χ0) is 12.3. The Morgan fingerprint density at radius 2 is 1.88 bits per heavy atom. The summed E-state index contributed by atoms with van der Waals surface area (Å²) in [6.45, 7) is 3.00. The lowest BCUT2D eigenvalue weighted by molar-refractivity contribution is 0.237. The van der Waals surface area contributed by atoms with E-state index in [-0.39, 0.29) is 0 Å². The van der Waals surface area contributed by atoms with Gasteiger partial charge in [-0.15, -0.1) is 0 Å². The topological polar surface area (TPSA) is 30.5 Å². The van der Waals surface area contributed by atoms with Crippen molar-refractivity contribution in [2.24, 2.45) is 5.92 Å². The van der Waals surface area contributed by atoms with Gasteiger partial charge in [0.2, 0.25) is 0 Å². The molecule has 1 N–H and O–H groups in total. The molecule has 1 fully saturated rings. The van der Waals surface area contributed by atoms with Gasteiger partial charge in [-0.3, -0.25) is 0 Å². The summed E-state index contributed by atoms with van der Waals surface area (Å²) in [5.74, 6) is 2.42. The van der Waals surface area contributed by atoms with E-state index in [1.54, 1.807) is 7.11 Å². The van der Waals surface area contributed by atoms with E-state index in [1.165, 1.54) is 0 Å². The van der Waals surface area contributed by atoms with E-state index in [1.807, 2.05) is 12.1 Å². The van der Waals surface area contributed by atoms with Gasteiger partial charge in [0.25, 0.3) is 0 Å². The number of nitrogens with one attached hydrogen (secondary N) is 1. The van der Waals surface area contributed by atoms with Crippen LogP contribution < -0.4 is 14.8 Å². The number of benzene rings is 1. The van der Waals surface area contributed by atoms with Crippen LogP contribution in [0.2, 0.25) is 0 Å². The molecule has 0 aromatic heterocycles. The fourth-order valence-electron chi connectivity index (χ4n) is 1.67. The number of hydrogen-bond donors (Lipinski definition) is 1. The SMILES string of the molecule is COc1cc(Br)c(OCCC2CNC2)cc1Br. The lowest BCUT2D eigenvalue weighted by Gasteiger charge is -2.26. The van der Waals surface area contributed by atoms with E-state index in [4.69, 9.17) is 9.47 Å². The Balaban J connectivity index is 1.92. The van der Waals surface area contributed by atoms with Crippen molar-refractivity contribution < 1.29 is 9.47 Å². The van der Waals surface area contributed by atoms with Gasteiger partial charge in [-0.05, 0) is 69.4 Å². The van der Waals surface area contributed by atoms with Crippen molar-refractivity contribution in [3.8, 4) is 11.5 Å². The molecule has 0 saturated carbocycles. The molecule has 1 aromatic carbocycles. The summed E-state index contributed by atoms with van der Waals surface area (Å²) in [6, 6.07) is 3.84. The van der Waals surface area contributed by atoms with Crippen molar-refractivity contribution in [2.45, 2.75) is 6.42 Å². The number of methoxy groups -OCH3 is 1. The van der Waals surface area contributed by atoms with Crippen molar-refractivity contribution in [1.82, 2.24) is 5.32 Å². The van der Waals surface area contributed by atoms with E-state index in [0.29, 0.717) is 0 Å². The van der Waals surface area contributed by atoms with Crippen LogP contribution in [0.4, 0.5) is 0 Å². The monoisotopic (exact) mass is 363 g/mol. The van der Waals surface area contributed by atoms with E-state index < -0.39 is 0 Å². The highest BCUT2D eigenvalue weighted by atomic mass is 79.9. The van der Waals surface area contributed by atoms with Crippen LogP contribution in [0.15, 0.2) is 21.1 Å². The highest BCUT2D eigenvalue weighted by molar-refractivity contribution is 9.11. The van der Waals surface area contributed by atoms with E-state index >= 15 is 0 Å². The molecule has 1 aliphatic heterocycles. The lowest BCUT2D eigenvalue weighted by atomic mass is 10.0. The van der Waals surface area contributed by atoms with E-state index in [2.05, 4.69) is 37.2 Å². The van der Waals surface area contributed by atoms with Gasteiger partial charge in [0.1, 0.15) is 11.5 Å². The zero-order valence-corrected chi connectivity index (χ0v) is 12.8. The Kier molecular flexibility index (Phi) is 4.70. The molecule has 2 rings (SSSR count). The molecule has 0 bridgehead atoms. The highest BCUT2D eigenvalue weighted by Crippen LogP contribution is 2.36. The summed E-state index contributed by atoms with van der Waals surface area (Å²) >= 11 is 6.93. The molecule has 0 amide bonds. The maximum absolute atomic E-state index is 5.76. The molecule has 0 spiro atoms. The van der Waals surface area contributed by atoms with Crippen LogP contribution in [0, 0.1) is 5.92 Å². The molecule has 1 aromatic rings. The summed E-state index contributed by atoms with van der Waals surface area (Å²) in [7, 11) is 1.65. The minimum atomic E-state index is 0.754. The number of halogens is 2. The number of rotatable bonds is 5. The average Bonchev–Trinajstić information content (AvgIpc) is 2.25. The third-order valence-electron chi connectivity index (χ3n) is 2.86. The van der Waals surface area contributed by atoms with Crippen LogP contribution >= 0.6 is 31.9 Å². The molecule has 0 unspecified atom stereocenters. The van der Waals surface area contributed by atoms with Crippen LogP contribution in [0.5, 0.6) is 11.5 Å². The highest BCUT2D eigenvalue weighted by Gasteiger charge is 2.16. The number of hydrogen-bond acceptors (Lipinski definition) is 3. The van der Waals surface area contributed by atoms with E-state index in [9.17, 15) is 0 Å². The molecule has 1 aliphatic rings. The van der Waals surface area contributed by atoms with Crippen LogP contribution in [-0.2, 0) is 0 Å². The fourth-order valence-corrected chi connectivity index (χ4v) is 2.59. The summed E-state index contributed by atoms with van der Waals surface area (Å²) in [5.41, 5.74) is 0. The largest absolute Gasteiger partial charge is 0.496 e. The summed E-state index contributed by atoms with van der Waals surface area (Å²) in [4.78, 5) is 0. The fraction of sp³-hybridized carbons (Fsp3) is 0.500. The molecular formula is C12H15Br2NO2. The molecule has 94 valence electrons. The predicted octanol–water partition coefficient (Wildman–Crippen LogP) is 3.21. The minimum Gasteiger partial charge on any atom is -0.496 e. The van der Waals surface area contributed by atoms with Gasteiger partial charge in [-0.25, -0.2) is 0 Å². The van der Waals surface area contributed by atoms with E-state index in [0.717, 1.165) is 52.5 Å². The summed E-state index contributed by atoms with van der Waals surface area (Å²) in [6.07, 6.45) is 1.10. The molecule has 1 saturated heterocycles. The molecule has 0 atom stereocenters. The summed E-state index contributed by atoms with van der Waals surface area (Å²) in [5, 5.41) is 3.26. The molecule has 5 heteroatoms. The Labute approximate surface area is 118 Å². The van der Waals surface area contributed by atoms with Gasteiger partial charge in [-0.1, -0.05) is 0 Å². The summed E-state index contributed by atoms with van der Waals surface area (Å²) < 4.78 is 12.8. The van der Waals surface area contributed by atoms with Gasteiger partial charge >= 0.3 is 0 Å². The van der Waals surface area contributed by atoms with Crippen molar-refractivity contribution in [1.29, 1.82) is 0 Å². The Hall–Kier alpha value is -0.260. The molecule has 3 nitrogen and oxygen atoms in total. The standard InChI is InChI=1S/C12H15Br2NO2/c1-16-11-4-10(14)12(5-9(11)13)17-3-2-8-6-15-7-8/h4-5,8,15H,2-3,6-7H2,1H3. The molecular weight excluding hydrogens is 350 g/mol. The smallest absolute Gasteiger partial charge is 0.134 e. The minimum absolute atomic E-state index is 0.754. The van der Waals surface area contributed by atoms with Gasteiger partial charge in [0.05, 0.1) is 22.7 Å². The maximum Gasteiger partial charge on any atom is 0.134 e. The first kappa shape index (κ1) is 13.2. The second-order valence-electron chi connectivity index (χ2n) is 4.08. The second kappa shape index (κ2) is 6.07. The molecule has 1 heterocycles. The van der Waals surface area contributed by atoms with Gasteiger partial charge in [0.15, 0.2) is 0 Å². The first-order valence-corrected chi connectivity index (χ1v) is 7.16. The maximum atomic E-state index is 5.76. The van der Waals surface area contributed by atoms with Crippen LogP contribution in [0.25, 0.3) is 0 Å². The average molecular weight is 365 g/mol. The molecule has 17 heavy (non-hydrogen) atoms. The van der Waals surface area contributed by atoms with Gasteiger partial charge in [0, 0.05) is 0 Å². The van der Waals surface area contributed by atoms with Gasteiger partial charge in [-0.2, -0.15) is 0 Å². The predicted molar refractivity (Wildman–Crippen MR) is 74.9 cm³/mol. The van der Waals surface area contributed by atoms with Crippen molar-refractivity contribution in [3.63, 3.8) is 0 Å². The first-order chi connectivity index (χ1) is 8.20. The first-order valence-electron chi connectivity index (χ1n) is 5.57. The van der Waals surface area contributed by atoms with Gasteiger partial charge < -0.3 is 14.8 Å². The Bertz CT molecular complexity index is 394. The van der Waals surface area contributed by atoms with Crippen molar-refractivity contribution in [3.05, 3.63) is 21.1 Å². The molecule has 0 radical (unpaired) electrons. The van der Waals surface area contributed by atoms with Crippen LogP contribution in [0.3, 0.4) is 0 Å². The Morgan fingerprint density at radius 1 is 1.24 bits per heavy atom. The van der Waals surface area contributed by atoms with Crippen molar-refractivity contribution >= 4 is 31.9 Å². The third kappa shape index (κ3) is 3.36. The normalized spacial score (nSPS) is 15.5. The quantitative estimate of drug-likeness (QED) is 0.870. The third-order valence-corrected chi connectivity index (χ3v) is 4.10. The van der Waals surface area contributed by atoms with Crippen LogP contribution in [0.1, 0.15) is 6.42 Å². The number of ether oxygens (including phenoxy) is 2.